The molecule has 0 bridgehead atoms. The molecular weight excluding hydrogens is 254 g/mol. The van der Waals surface area contributed by atoms with Crippen LogP contribution in [-0.2, 0) is 4.79 Å². The molecule has 1 amide bonds. The van der Waals surface area contributed by atoms with Crippen LogP contribution in [0.1, 0.15) is 18.9 Å². The minimum atomic E-state index is 0.0445. The fraction of sp³-hybridized carbons (Fsp3) is 0.467. The molecule has 1 N–H and O–H groups in total. The molecule has 0 unspecified atom stereocenters. The van der Waals surface area contributed by atoms with Crippen molar-refractivity contribution in [3.05, 3.63) is 29.8 Å². The molecule has 1 rings (SSSR count). The third-order valence-corrected chi connectivity index (χ3v) is 2.72. The van der Waals surface area contributed by atoms with Gasteiger partial charge in [-0.25, -0.2) is 0 Å². The van der Waals surface area contributed by atoms with E-state index in [0.29, 0.717) is 25.3 Å². The molecule has 0 aromatic heterocycles. The van der Waals surface area contributed by atoms with Crippen molar-refractivity contribution in [1.29, 1.82) is 5.26 Å². The number of carbonyl (C=O) groups is 1. The Labute approximate surface area is 120 Å². The summed E-state index contributed by atoms with van der Waals surface area (Å²) in [5.41, 5.74) is 0.624. The molecule has 0 spiro atoms. The Bertz CT molecular complexity index is 451. The van der Waals surface area contributed by atoms with Gasteiger partial charge in [-0.05, 0) is 44.7 Å². The second-order valence-corrected chi connectivity index (χ2v) is 4.53. The summed E-state index contributed by atoms with van der Waals surface area (Å²) >= 11 is 0. The quantitative estimate of drug-likeness (QED) is 0.728. The molecule has 0 aliphatic heterocycles. The average molecular weight is 275 g/mol. The van der Waals surface area contributed by atoms with Crippen molar-refractivity contribution in [3.8, 4) is 11.8 Å². The van der Waals surface area contributed by atoms with Gasteiger partial charge in [-0.15, -0.1) is 0 Å². The number of amides is 1. The van der Waals surface area contributed by atoms with Crippen molar-refractivity contribution < 1.29 is 9.53 Å². The van der Waals surface area contributed by atoms with Gasteiger partial charge in [0.2, 0.25) is 5.91 Å². The molecule has 0 heterocycles. The van der Waals surface area contributed by atoms with Crippen LogP contribution in [0.2, 0.25) is 0 Å². The van der Waals surface area contributed by atoms with Gasteiger partial charge in [0.1, 0.15) is 5.75 Å². The van der Waals surface area contributed by atoms with Crippen LogP contribution in [0.4, 0.5) is 0 Å². The van der Waals surface area contributed by atoms with Gasteiger partial charge in [0.15, 0.2) is 0 Å². The topological polar surface area (TPSA) is 65.4 Å². The van der Waals surface area contributed by atoms with Crippen molar-refractivity contribution >= 4 is 5.91 Å². The first-order valence-corrected chi connectivity index (χ1v) is 6.74. The smallest absolute Gasteiger partial charge is 0.234 e. The Balaban J connectivity index is 2.17. The molecule has 5 heteroatoms. The SMILES string of the molecule is CCNC(=O)CN(C)CCCOc1ccc(C#N)cc1. The van der Waals surface area contributed by atoms with Gasteiger partial charge >= 0.3 is 0 Å². The second-order valence-electron chi connectivity index (χ2n) is 4.53. The summed E-state index contributed by atoms with van der Waals surface area (Å²) in [5.74, 6) is 0.804. The van der Waals surface area contributed by atoms with Crippen LogP contribution >= 0.6 is 0 Å². The maximum atomic E-state index is 11.4. The lowest BCUT2D eigenvalue weighted by Crippen LogP contribution is -2.35. The molecule has 0 aliphatic carbocycles. The number of hydrogen-bond acceptors (Lipinski definition) is 4. The first kappa shape index (κ1) is 16.0. The highest BCUT2D eigenvalue weighted by Gasteiger charge is 2.04. The minimum absolute atomic E-state index is 0.0445. The Morgan fingerprint density at radius 1 is 1.40 bits per heavy atom. The van der Waals surface area contributed by atoms with Crippen LogP contribution in [-0.4, -0.2) is 44.1 Å². The fourth-order valence-corrected chi connectivity index (χ4v) is 1.73. The summed E-state index contributed by atoms with van der Waals surface area (Å²) in [7, 11) is 1.91. The maximum Gasteiger partial charge on any atom is 0.234 e. The summed E-state index contributed by atoms with van der Waals surface area (Å²) < 4.78 is 5.57. The highest BCUT2D eigenvalue weighted by Crippen LogP contribution is 2.11. The molecule has 0 aliphatic rings. The highest BCUT2D eigenvalue weighted by molar-refractivity contribution is 5.77. The van der Waals surface area contributed by atoms with E-state index in [4.69, 9.17) is 10.00 Å². The van der Waals surface area contributed by atoms with Gasteiger partial charge in [0.05, 0.1) is 24.8 Å². The standard InChI is InChI=1S/C15H21N3O2/c1-3-17-15(19)12-18(2)9-4-10-20-14-7-5-13(11-16)6-8-14/h5-8H,3-4,9-10,12H2,1-2H3,(H,17,19). The lowest BCUT2D eigenvalue weighted by Gasteiger charge is -2.16. The summed E-state index contributed by atoms with van der Waals surface area (Å²) in [6.45, 7) is 4.36. The zero-order valence-electron chi connectivity index (χ0n) is 12.1. The Hall–Kier alpha value is -2.06. The normalized spacial score (nSPS) is 10.1. The molecule has 0 radical (unpaired) electrons. The van der Waals surface area contributed by atoms with Crippen molar-refractivity contribution in [2.75, 3.05) is 33.3 Å². The molecule has 0 fully saturated rings. The van der Waals surface area contributed by atoms with E-state index in [1.165, 1.54) is 0 Å². The number of rotatable bonds is 8. The van der Waals surface area contributed by atoms with Crippen LogP contribution in [0.15, 0.2) is 24.3 Å². The van der Waals surface area contributed by atoms with Gasteiger partial charge in [0.25, 0.3) is 0 Å². The van der Waals surface area contributed by atoms with Crippen molar-refractivity contribution in [1.82, 2.24) is 10.2 Å². The number of benzene rings is 1. The zero-order valence-corrected chi connectivity index (χ0v) is 12.1. The van der Waals surface area contributed by atoms with Crippen molar-refractivity contribution in [2.24, 2.45) is 0 Å². The Morgan fingerprint density at radius 2 is 2.10 bits per heavy atom. The van der Waals surface area contributed by atoms with Crippen molar-refractivity contribution in [2.45, 2.75) is 13.3 Å². The molecule has 1 aromatic carbocycles. The van der Waals surface area contributed by atoms with Crippen LogP contribution in [0, 0.1) is 11.3 Å². The van der Waals surface area contributed by atoms with E-state index < -0.39 is 0 Å². The van der Waals surface area contributed by atoms with Crippen LogP contribution in [0.5, 0.6) is 5.75 Å². The Kier molecular flexibility index (Phi) is 7.15. The van der Waals surface area contributed by atoms with Gasteiger partial charge in [-0.1, -0.05) is 0 Å². The Morgan fingerprint density at radius 3 is 2.70 bits per heavy atom. The van der Waals surface area contributed by atoms with Gasteiger partial charge in [-0.2, -0.15) is 5.26 Å². The summed E-state index contributed by atoms with van der Waals surface area (Å²) in [5, 5.41) is 11.5. The van der Waals surface area contributed by atoms with Gasteiger partial charge < -0.3 is 10.1 Å². The van der Waals surface area contributed by atoms with E-state index >= 15 is 0 Å². The predicted octanol–water partition coefficient (Wildman–Crippen LogP) is 1.40. The number of nitrogens with zero attached hydrogens (tertiary/aromatic N) is 2. The number of hydrogen-bond donors (Lipinski definition) is 1. The number of nitriles is 1. The van der Waals surface area contributed by atoms with Gasteiger partial charge in [-0.3, -0.25) is 9.69 Å². The third-order valence-electron chi connectivity index (χ3n) is 2.72. The zero-order chi connectivity index (χ0) is 14.8. The van der Waals surface area contributed by atoms with E-state index in [-0.39, 0.29) is 5.91 Å². The molecule has 1 aromatic rings. The molecule has 0 saturated carbocycles. The molecule has 20 heavy (non-hydrogen) atoms. The minimum Gasteiger partial charge on any atom is -0.494 e. The predicted molar refractivity (Wildman–Crippen MR) is 77.4 cm³/mol. The number of nitrogens with one attached hydrogen (secondary N) is 1. The molecule has 5 nitrogen and oxygen atoms in total. The van der Waals surface area contributed by atoms with E-state index in [2.05, 4.69) is 11.4 Å². The first-order chi connectivity index (χ1) is 9.65. The van der Waals surface area contributed by atoms with E-state index in [9.17, 15) is 4.79 Å². The van der Waals surface area contributed by atoms with Crippen LogP contribution < -0.4 is 10.1 Å². The summed E-state index contributed by atoms with van der Waals surface area (Å²) in [6, 6.07) is 9.11. The summed E-state index contributed by atoms with van der Waals surface area (Å²) in [4.78, 5) is 13.3. The summed E-state index contributed by atoms with van der Waals surface area (Å²) in [6.07, 6.45) is 0.843. The van der Waals surface area contributed by atoms with E-state index in [0.717, 1.165) is 18.7 Å². The third kappa shape index (κ3) is 6.21. The lowest BCUT2D eigenvalue weighted by atomic mass is 10.2. The molecule has 108 valence electrons. The van der Waals surface area contributed by atoms with Crippen LogP contribution in [0.3, 0.4) is 0 Å². The number of ether oxygens (including phenoxy) is 1. The largest absolute Gasteiger partial charge is 0.494 e. The van der Waals surface area contributed by atoms with Gasteiger partial charge in [0, 0.05) is 13.1 Å². The first-order valence-electron chi connectivity index (χ1n) is 6.74. The lowest BCUT2D eigenvalue weighted by molar-refractivity contribution is -0.121. The number of carbonyl (C=O) groups excluding carboxylic acids is 1. The van der Waals surface area contributed by atoms with E-state index in [1.807, 2.05) is 18.9 Å². The number of likely N-dealkylation sites (N-methyl/N-ethyl adjacent to an activating group) is 2. The monoisotopic (exact) mass is 275 g/mol. The fourth-order valence-electron chi connectivity index (χ4n) is 1.73. The molecular formula is C15H21N3O2. The second kappa shape index (κ2) is 8.94. The highest BCUT2D eigenvalue weighted by atomic mass is 16.5. The average Bonchev–Trinajstić information content (AvgIpc) is 2.44. The van der Waals surface area contributed by atoms with E-state index in [1.54, 1.807) is 24.3 Å². The van der Waals surface area contributed by atoms with Crippen LogP contribution in [0.25, 0.3) is 0 Å². The van der Waals surface area contributed by atoms with Crippen molar-refractivity contribution in [3.63, 3.8) is 0 Å². The maximum absolute atomic E-state index is 11.4. The molecule has 0 atom stereocenters. The molecule has 0 saturated heterocycles.